The van der Waals surface area contributed by atoms with E-state index >= 15 is 28.8 Å². The van der Waals surface area contributed by atoms with Gasteiger partial charge in [0.05, 0.1) is 25.3 Å². The van der Waals surface area contributed by atoms with E-state index in [2.05, 4.69) is 68.5 Å². The van der Waals surface area contributed by atoms with E-state index in [1.54, 1.807) is 60.9 Å². The molecular weight excluding hydrogens is 1720 g/mol. The molecule has 14 atom stereocenters. The fourth-order valence-corrected chi connectivity index (χ4v) is 16.9. The molecule has 43 nitrogen and oxygen atoms in total. The van der Waals surface area contributed by atoms with Gasteiger partial charge >= 0.3 is 0 Å². The minimum Gasteiger partial charge on any atom is -0.508 e. The molecule has 44 heteroatoms. The zero-order chi connectivity index (χ0) is 95.9. The SMILES string of the molecule is CCCC[C@H]1C(=O)N(C)[C@@H](CCCC)C(=O)N[C@@H](CCCNC(=N)N)C(=O)NC(C(=O)NCC(N)=O)CSCC(=O)N[C@@H](Cc2ccc(O)cc2)C(=O)N(C)[C@@H](C)C(=O)N[C@@H](CC(N)=O)C(=O)N2CCC[C@H]2C(=O)N[C@@H](CO)C(=O)N[C@@H](CCO)C(=O)N2CCC[C@H]2C(=O)N[C@@H](Cc2c[nH]c3ccccc23)C(=O)N[C@@H](CCO)C(=O)N[C@@H](Cc2c[nH]c3ccccc23)C(=O)N1C. The molecular formula is C87H124N22O21S. The molecule has 2 aromatic heterocycles. The first-order valence-corrected chi connectivity index (χ1v) is 45.0. The molecule has 0 bridgehead atoms. The molecule has 8 rings (SSSR count). The molecule has 17 amide bonds. The highest BCUT2D eigenvalue weighted by Crippen LogP contribution is 2.27. The number of H-pyrrole nitrogens is 2. The summed E-state index contributed by atoms with van der Waals surface area (Å²) in [6.45, 7) is 1.38. The van der Waals surface area contributed by atoms with E-state index in [9.17, 15) is 73.2 Å². The second-order valence-corrected chi connectivity index (χ2v) is 33.9. The van der Waals surface area contributed by atoms with Crippen LogP contribution in [0.3, 0.4) is 0 Å². The number of fused-ring (bicyclic) bond motifs is 4. The van der Waals surface area contributed by atoms with E-state index in [4.69, 9.17) is 22.6 Å². The summed E-state index contributed by atoms with van der Waals surface area (Å²) in [6.07, 6.45) is 2.39. The Kier molecular flexibility index (Phi) is 39.7. The molecule has 3 saturated heterocycles. The summed E-state index contributed by atoms with van der Waals surface area (Å²) in [6, 6.07) is -2.22. The van der Waals surface area contributed by atoms with Crippen LogP contribution >= 0.6 is 11.8 Å². The molecule has 3 fully saturated rings. The van der Waals surface area contributed by atoms with Gasteiger partial charge in [-0.3, -0.25) is 86.9 Å². The number of carbonyl (C=O) groups excluding carboxylic acids is 17. The molecule has 5 heterocycles. The van der Waals surface area contributed by atoms with Gasteiger partial charge in [0.1, 0.15) is 90.3 Å². The Morgan fingerprint density at radius 2 is 0.954 bits per heavy atom. The molecule has 3 aliphatic heterocycles. The fourth-order valence-electron chi connectivity index (χ4n) is 16.1. The maximum Gasteiger partial charge on any atom is 0.246 e. The van der Waals surface area contributed by atoms with Crippen LogP contribution in [-0.4, -0.2) is 325 Å². The number of hydrogen-bond acceptors (Lipinski definition) is 23. The summed E-state index contributed by atoms with van der Waals surface area (Å²) in [4.78, 5) is 259. The lowest BCUT2D eigenvalue weighted by Gasteiger charge is -2.36. The van der Waals surface area contributed by atoms with E-state index in [0.29, 0.717) is 64.2 Å². The van der Waals surface area contributed by atoms with Crippen molar-refractivity contribution in [3.8, 4) is 5.75 Å². The predicted molar refractivity (Wildman–Crippen MR) is 480 cm³/mol. The molecule has 0 aliphatic carbocycles. The first-order valence-electron chi connectivity index (χ1n) is 43.9. The number of carbonyl (C=O) groups is 17. The number of hydrogen-bond donors (Lipinski definition) is 21. The molecule has 1 unspecified atom stereocenters. The van der Waals surface area contributed by atoms with Crippen LogP contribution in [0.4, 0.5) is 0 Å². The van der Waals surface area contributed by atoms with Crippen LogP contribution in [0.2, 0.25) is 0 Å². The van der Waals surface area contributed by atoms with E-state index in [-0.39, 0.29) is 96.0 Å². The van der Waals surface area contributed by atoms with Gasteiger partial charge in [0.2, 0.25) is 100 Å². The van der Waals surface area contributed by atoms with Crippen LogP contribution in [0.1, 0.15) is 134 Å². The van der Waals surface area contributed by atoms with Gasteiger partial charge in [-0.15, -0.1) is 11.8 Å². The second-order valence-electron chi connectivity index (χ2n) is 32.9. The zero-order valence-corrected chi connectivity index (χ0v) is 75.2. The molecule has 0 spiro atoms. The number of phenolic OH excluding ortho intramolecular Hbond substituents is 1. The highest BCUT2D eigenvalue weighted by Gasteiger charge is 2.45. The van der Waals surface area contributed by atoms with Crippen molar-refractivity contribution in [2.24, 2.45) is 17.2 Å². The number of aliphatic hydroxyl groups is 3. The number of para-hydroxylation sites is 2. The number of nitrogens with two attached hydrogens (primary N) is 3. The average molecular weight is 1850 g/mol. The van der Waals surface area contributed by atoms with Gasteiger partial charge < -0.3 is 131 Å². The predicted octanol–water partition coefficient (Wildman–Crippen LogP) is -4.15. The van der Waals surface area contributed by atoms with Gasteiger partial charge in [0.25, 0.3) is 0 Å². The number of primary amides is 2. The number of benzene rings is 3. The minimum atomic E-state index is -1.85. The number of aromatic hydroxyl groups is 1. The molecule has 131 heavy (non-hydrogen) atoms. The molecule has 5 aromatic rings. The number of aliphatic hydroxyl groups excluding tert-OH is 3. The second kappa shape index (κ2) is 50.3. The average Bonchev–Trinajstić information content (AvgIpc) is 0.925. The number of thioether (sulfide) groups is 1. The standard InChI is InChI=1S/C87H124N22O21S/c1-7-9-23-66-79(123)98-57(22-15-33-92-87(90)91)75(119)104-65(74(118)95-44-71(89)115)46-131-47-72(116)96-61(38-49-27-29-52(113)30-28-49)82(126)105(4)48(3)73(117)101-63(41-70(88)114)85(129)109-35-17-26-68(109)81(125)103-64(45-112)78(122)99-59(32-37-111)84(128)108-34-16-25-67(108)80(124)100-60(39-50-42-93-55-20-13-11-18-53(50)55)77(121)97-58(31-36-110)76(120)102-62(40-51-43-94-56-21-14-12-19-54(51)56)83(127)107(6)69(24-10-8-2)86(130)106(66)5/h11-14,18-21,27-30,42-43,48,57-69,93-94,110-113H,7-10,15-17,22-26,31-41,44-47H2,1-6H3,(H2,88,114)(H2,89,115)(H,95,118)(H,96,116)(H,97,121)(H,98,123)(H,99,122)(H,100,124)(H,101,117)(H,102,120)(H,103,125)(H,104,119)(H4,90,91,92)/t48-,57-,58-,59-,60-,61-,62-,63-,64-,65?,66-,67-,68-,69-/m0/s1. The Balaban J connectivity index is 1.18. The highest BCUT2D eigenvalue weighted by molar-refractivity contribution is 8.00. The van der Waals surface area contributed by atoms with Gasteiger partial charge in [0.15, 0.2) is 5.96 Å². The number of rotatable bonds is 26. The van der Waals surface area contributed by atoms with Gasteiger partial charge in [-0.2, -0.15) is 0 Å². The Bertz CT molecular complexity index is 4900. The topological polar surface area (TPSA) is 653 Å². The number of aromatic amines is 2. The first kappa shape index (κ1) is 103. The summed E-state index contributed by atoms with van der Waals surface area (Å²) in [5.74, 6) is -17.9. The maximum absolute atomic E-state index is 15.8. The number of guanidine groups is 1. The van der Waals surface area contributed by atoms with Crippen molar-refractivity contribution in [2.75, 3.05) is 78.6 Å². The van der Waals surface area contributed by atoms with Gasteiger partial charge in [-0.25, -0.2) is 0 Å². The van der Waals surface area contributed by atoms with E-state index in [1.165, 1.54) is 52.3 Å². The van der Waals surface area contributed by atoms with Crippen LogP contribution < -0.4 is 75.7 Å². The fraction of sp³-hybridized carbons (Fsp3) is 0.540. The van der Waals surface area contributed by atoms with Crippen LogP contribution in [-0.2, 0) is 101 Å². The Morgan fingerprint density at radius 1 is 0.481 bits per heavy atom. The number of likely N-dealkylation sites (N-methyl/N-ethyl adjacent to an activating group) is 3. The van der Waals surface area contributed by atoms with Crippen LogP contribution in [0.5, 0.6) is 5.75 Å². The zero-order valence-electron chi connectivity index (χ0n) is 74.4. The quantitative estimate of drug-likeness (QED) is 0.0142. The summed E-state index contributed by atoms with van der Waals surface area (Å²) >= 11 is 0.754. The normalized spacial score (nSPS) is 24.5. The first-order chi connectivity index (χ1) is 62.5. The molecule has 3 aromatic carbocycles. The maximum atomic E-state index is 15.8. The van der Waals surface area contributed by atoms with Crippen molar-refractivity contribution in [1.82, 2.24) is 93.0 Å². The van der Waals surface area contributed by atoms with Crippen molar-refractivity contribution in [1.29, 1.82) is 5.41 Å². The lowest BCUT2D eigenvalue weighted by Crippen LogP contribution is -2.61. The molecule has 24 N–H and O–H groups in total. The summed E-state index contributed by atoms with van der Waals surface area (Å²) in [5.41, 5.74) is 19.4. The van der Waals surface area contributed by atoms with Crippen molar-refractivity contribution in [3.63, 3.8) is 0 Å². The molecule has 0 saturated carbocycles. The van der Waals surface area contributed by atoms with Crippen molar-refractivity contribution >= 4 is 140 Å². The number of aromatic nitrogens is 2. The molecule has 0 radical (unpaired) electrons. The summed E-state index contributed by atoms with van der Waals surface area (Å²) < 4.78 is 0. The van der Waals surface area contributed by atoms with Crippen LogP contribution in [0, 0.1) is 5.41 Å². The third kappa shape index (κ3) is 29.0. The molecule has 3 aliphatic rings. The van der Waals surface area contributed by atoms with Crippen LogP contribution in [0.25, 0.3) is 21.8 Å². The number of nitrogens with zero attached hydrogens (tertiary/aromatic N) is 5. The third-order valence-electron chi connectivity index (χ3n) is 23.4. The number of amides is 17. The van der Waals surface area contributed by atoms with Gasteiger partial charge in [-0.1, -0.05) is 88.1 Å². The Labute approximate surface area is 761 Å². The largest absolute Gasteiger partial charge is 0.508 e. The number of nitrogens with one attached hydrogen (secondary N) is 14. The van der Waals surface area contributed by atoms with E-state index in [1.807, 2.05) is 13.8 Å². The lowest BCUT2D eigenvalue weighted by molar-refractivity contribution is -0.149. The van der Waals surface area contributed by atoms with Gasteiger partial charge in [0, 0.05) is 113 Å². The van der Waals surface area contributed by atoms with Crippen LogP contribution in [0.15, 0.2) is 85.2 Å². The summed E-state index contributed by atoms with van der Waals surface area (Å²) in [7, 11) is 3.90. The monoisotopic (exact) mass is 1840 g/mol. The highest BCUT2D eigenvalue weighted by atomic mass is 32.2. The van der Waals surface area contributed by atoms with Crippen molar-refractivity contribution in [2.45, 2.75) is 221 Å². The minimum absolute atomic E-state index is 0.00228. The number of phenols is 1. The third-order valence-corrected chi connectivity index (χ3v) is 24.5. The lowest BCUT2D eigenvalue weighted by atomic mass is 9.99. The summed E-state index contributed by atoms with van der Waals surface area (Å²) in [5, 5.41) is 79.7. The number of unbranched alkanes of at least 4 members (excludes halogenated alkanes) is 2. The van der Waals surface area contributed by atoms with Crippen molar-refractivity contribution in [3.05, 3.63) is 102 Å². The van der Waals surface area contributed by atoms with E-state index in [0.717, 1.165) is 36.3 Å². The Hall–Kier alpha value is -13.0. The molecule has 714 valence electrons. The van der Waals surface area contributed by atoms with E-state index < -0.39 is 248 Å². The van der Waals surface area contributed by atoms with Gasteiger partial charge in [-0.05, 0) is 112 Å². The Morgan fingerprint density at radius 3 is 1.52 bits per heavy atom. The van der Waals surface area contributed by atoms with Crippen molar-refractivity contribution < 1.29 is 102 Å². The smallest absolute Gasteiger partial charge is 0.246 e.